The zero-order valence-corrected chi connectivity index (χ0v) is 16.1. The topological polar surface area (TPSA) is 49.4 Å². The highest BCUT2D eigenvalue weighted by Gasteiger charge is 2.35. The normalized spacial score (nSPS) is 17.5. The van der Waals surface area contributed by atoms with Crippen molar-refractivity contribution >= 4 is 45.8 Å². The molecule has 1 saturated heterocycles. The number of benzene rings is 1. The average Bonchev–Trinajstić information content (AvgIpc) is 2.84. The first kappa shape index (κ1) is 18.9. The zero-order chi connectivity index (χ0) is 17.7. The lowest BCUT2D eigenvalue weighted by molar-refractivity contribution is -0.126. The Morgan fingerprint density at radius 3 is 2.75 bits per heavy atom. The number of amides is 2. The molecule has 0 aliphatic carbocycles. The lowest BCUT2D eigenvalue weighted by atomic mass is 10.1. The molecule has 2 amide bonds. The Kier molecular flexibility index (Phi) is 6.80. The molecule has 0 radical (unpaired) electrons. The van der Waals surface area contributed by atoms with Crippen LogP contribution in [0, 0.1) is 6.92 Å². The Morgan fingerprint density at radius 2 is 2.12 bits per heavy atom. The monoisotopic (exact) mass is 364 g/mol. The fraction of sp³-hybridized carbons (Fsp3) is 0.500. The second kappa shape index (κ2) is 8.62. The van der Waals surface area contributed by atoms with Gasteiger partial charge in [-0.15, -0.1) is 0 Å². The molecule has 4 nitrogen and oxygen atoms in total. The molecule has 6 heteroatoms. The molecule has 1 atom stereocenters. The Balaban J connectivity index is 1.86. The Morgan fingerprint density at radius 1 is 1.38 bits per heavy atom. The van der Waals surface area contributed by atoms with Crippen LogP contribution in [0.1, 0.15) is 44.2 Å². The molecular weight excluding hydrogens is 340 g/mol. The molecule has 0 saturated carbocycles. The summed E-state index contributed by atoms with van der Waals surface area (Å²) in [5.41, 5.74) is 3.13. The van der Waals surface area contributed by atoms with E-state index in [0.717, 1.165) is 29.7 Å². The highest BCUT2D eigenvalue weighted by molar-refractivity contribution is 8.24. The molecule has 1 N–H and O–H groups in total. The Bertz CT molecular complexity index is 646. The van der Waals surface area contributed by atoms with Crippen molar-refractivity contribution in [3.8, 4) is 0 Å². The van der Waals surface area contributed by atoms with Crippen molar-refractivity contribution in [3.63, 3.8) is 0 Å². The minimum absolute atomic E-state index is 0.0174. The third-order valence-electron chi connectivity index (χ3n) is 4.17. The van der Waals surface area contributed by atoms with Gasteiger partial charge in [0.1, 0.15) is 4.32 Å². The number of carbonyl (C=O) groups is 2. The number of hydrogen-bond acceptors (Lipinski definition) is 4. The third kappa shape index (κ3) is 4.36. The summed E-state index contributed by atoms with van der Waals surface area (Å²) in [4.78, 5) is 26.0. The maximum atomic E-state index is 12.2. The lowest BCUT2D eigenvalue weighted by Crippen LogP contribution is -2.32. The SMILES string of the molecule is CCc1cccc(C)c1NC(=O)CCCN1C(=O)C(CC)SC1=S. The van der Waals surface area contributed by atoms with Crippen molar-refractivity contribution < 1.29 is 9.59 Å². The minimum atomic E-state index is -0.0505. The molecule has 0 bridgehead atoms. The number of rotatable bonds is 7. The van der Waals surface area contributed by atoms with E-state index in [9.17, 15) is 9.59 Å². The van der Waals surface area contributed by atoms with Crippen LogP contribution in [0.2, 0.25) is 0 Å². The van der Waals surface area contributed by atoms with Crippen molar-refractivity contribution in [1.29, 1.82) is 0 Å². The molecular formula is C18H24N2O2S2. The Hall–Kier alpha value is -1.40. The van der Waals surface area contributed by atoms with E-state index in [2.05, 4.69) is 12.2 Å². The summed E-state index contributed by atoms with van der Waals surface area (Å²) < 4.78 is 0.638. The van der Waals surface area contributed by atoms with Crippen LogP contribution >= 0.6 is 24.0 Å². The summed E-state index contributed by atoms with van der Waals surface area (Å²) in [7, 11) is 0. The first-order chi connectivity index (χ1) is 11.5. The van der Waals surface area contributed by atoms with Crippen LogP contribution in [0.15, 0.2) is 18.2 Å². The summed E-state index contributed by atoms with van der Waals surface area (Å²) in [6.07, 6.45) is 2.66. The van der Waals surface area contributed by atoms with E-state index in [4.69, 9.17) is 12.2 Å². The number of nitrogens with zero attached hydrogens (tertiary/aromatic N) is 1. The van der Waals surface area contributed by atoms with Gasteiger partial charge in [-0.3, -0.25) is 14.5 Å². The van der Waals surface area contributed by atoms with Crippen LogP contribution in [0.3, 0.4) is 0 Å². The van der Waals surface area contributed by atoms with Gasteiger partial charge in [-0.2, -0.15) is 0 Å². The maximum Gasteiger partial charge on any atom is 0.241 e. The number of hydrogen-bond donors (Lipinski definition) is 1. The standard InChI is InChI=1S/C18H24N2O2S2/c1-4-13-9-6-8-12(3)16(13)19-15(21)10-7-11-20-17(22)14(5-2)24-18(20)23/h6,8-9,14H,4-5,7,10-11H2,1-3H3,(H,19,21). The first-order valence-corrected chi connectivity index (χ1v) is 9.67. The lowest BCUT2D eigenvalue weighted by Gasteiger charge is -2.16. The minimum Gasteiger partial charge on any atom is -0.326 e. The van der Waals surface area contributed by atoms with Crippen LogP contribution in [-0.4, -0.2) is 32.8 Å². The summed E-state index contributed by atoms with van der Waals surface area (Å²) in [6.45, 7) is 6.58. The number of para-hydroxylation sites is 1. The third-order valence-corrected chi connectivity index (χ3v) is 5.92. The van der Waals surface area contributed by atoms with Gasteiger partial charge in [0.25, 0.3) is 0 Å². The number of carbonyl (C=O) groups excluding carboxylic acids is 2. The summed E-state index contributed by atoms with van der Waals surface area (Å²) in [6, 6.07) is 6.04. The van der Waals surface area contributed by atoms with Crippen molar-refractivity contribution in [2.24, 2.45) is 0 Å². The van der Waals surface area contributed by atoms with Crippen molar-refractivity contribution in [2.45, 2.75) is 51.7 Å². The van der Waals surface area contributed by atoms with Gasteiger partial charge in [0.05, 0.1) is 5.25 Å². The predicted molar refractivity (Wildman–Crippen MR) is 104 cm³/mol. The van der Waals surface area contributed by atoms with E-state index in [1.54, 1.807) is 4.90 Å². The van der Waals surface area contributed by atoms with Gasteiger partial charge in [-0.1, -0.05) is 56.0 Å². The molecule has 0 spiro atoms. The molecule has 130 valence electrons. The van der Waals surface area contributed by atoms with Gasteiger partial charge in [0.2, 0.25) is 11.8 Å². The predicted octanol–water partition coefficient (Wildman–Crippen LogP) is 3.92. The maximum absolute atomic E-state index is 12.2. The van der Waals surface area contributed by atoms with Gasteiger partial charge in [-0.25, -0.2) is 0 Å². The van der Waals surface area contributed by atoms with Crippen molar-refractivity contribution in [2.75, 3.05) is 11.9 Å². The largest absolute Gasteiger partial charge is 0.326 e. The fourth-order valence-electron chi connectivity index (χ4n) is 2.76. The second-order valence-corrected chi connectivity index (χ2v) is 7.72. The number of aryl methyl sites for hydroxylation is 2. The smallest absolute Gasteiger partial charge is 0.241 e. The average molecular weight is 365 g/mol. The van der Waals surface area contributed by atoms with Crippen LogP contribution in [-0.2, 0) is 16.0 Å². The number of nitrogens with one attached hydrogen (secondary N) is 1. The van der Waals surface area contributed by atoms with Gasteiger partial charge in [-0.05, 0) is 37.3 Å². The Labute approximate surface area is 153 Å². The van der Waals surface area contributed by atoms with E-state index in [-0.39, 0.29) is 17.1 Å². The molecule has 2 rings (SSSR count). The molecule has 1 fully saturated rings. The fourth-order valence-corrected chi connectivity index (χ4v) is 4.24. The van der Waals surface area contributed by atoms with Crippen LogP contribution < -0.4 is 5.32 Å². The summed E-state index contributed by atoms with van der Waals surface area (Å²) >= 11 is 6.72. The molecule has 1 aliphatic rings. The highest BCUT2D eigenvalue weighted by Crippen LogP contribution is 2.29. The second-order valence-electron chi connectivity index (χ2n) is 5.88. The highest BCUT2D eigenvalue weighted by atomic mass is 32.2. The summed E-state index contributed by atoms with van der Waals surface area (Å²) in [5.74, 6) is 0.0661. The van der Waals surface area contributed by atoms with E-state index in [1.165, 1.54) is 11.8 Å². The van der Waals surface area contributed by atoms with Crippen LogP contribution in [0.4, 0.5) is 5.69 Å². The number of anilines is 1. The zero-order valence-electron chi connectivity index (χ0n) is 14.4. The van der Waals surface area contributed by atoms with E-state index < -0.39 is 0 Å². The number of thioether (sulfide) groups is 1. The van der Waals surface area contributed by atoms with Crippen molar-refractivity contribution in [1.82, 2.24) is 4.90 Å². The molecule has 0 aromatic heterocycles. The van der Waals surface area contributed by atoms with Gasteiger partial charge in [0.15, 0.2) is 0 Å². The van der Waals surface area contributed by atoms with Crippen molar-refractivity contribution in [3.05, 3.63) is 29.3 Å². The van der Waals surface area contributed by atoms with E-state index in [1.807, 2.05) is 32.0 Å². The molecule has 1 aliphatic heterocycles. The molecule has 1 aromatic rings. The summed E-state index contributed by atoms with van der Waals surface area (Å²) in [5, 5.41) is 2.97. The molecule has 1 aromatic carbocycles. The van der Waals surface area contributed by atoms with Crippen LogP contribution in [0.25, 0.3) is 0 Å². The van der Waals surface area contributed by atoms with Gasteiger partial charge in [0, 0.05) is 18.7 Å². The van der Waals surface area contributed by atoms with Gasteiger partial charge >= 0.3 is 0 Å². The van der Waals surface area contributed by atoms with Gasteiger partial charge < -0.3 is 5.32 Å². The number of thiocarbonyl (C=S) groups is 1. The molecule has 24 heavy (non-hydrogen) atoms. The molecule has 1 unspecified atom stereocenters. The molecule has 1 heterocycles. The van der Waals surface area contributed by atoms with E-state index >= 15 is 0 Å². The quantitative estimate of drug-likeness (QED) is 0.745. The van der Waals surface area contributed by atoms with Crippen LogP contribution in [0.5, 0.6) is 0 Å². The first-order valence-electron chi connectivity index (χ1n) is 8.38. The van der Waals surface area contributed by atoms with E-state index in [0.29, 0.717) is 23.7 Å².